The molecule has 0 spiro atoms. The number of nitrogens with one attached hydrogen (secondary N) is 1. The van der Waals surface area contributed by atoms with Crippen LogP contribution in [-0.2, 0) is 9.53 Å². The minimum Gasteiger partial charge on any atom is -0.469 e. The molecule has 1 saturated heterocycles. The van der Waals surface area contributed by atoms with E-state index in [1.165, 1.54) is 7.11 Å². The van der Waals surface area contributed by atoms with E-state index in [9.17, 15) is 9.59 Å². The summed E-state index contributed by atoms with van der Waals surface area (Å²) >= 11 is 0. The van der Waals surface area contributed by atoms with Gasteiger partial charge in [0.1, 0.15) is 0 Å². The van der Waals surface area contributed by atoms with Gasteiger partial charge in [-0.05, 0) is 7.05 Å². The molecule has 1 unspecified atom stereocenters. The smallest absolute Gasteiger partial charge is 0.317 e. The Morgan fingerprint density at radius 2 is 2.35 bits per heavy atom. The van der Waals surface area contributed by atoms with Crippen molar-refractivity contribution in [3.63, 3.8) is 0 Å². The van der Waals surface area contributed by atoms with Gasteiger partial charge in [0.05, 0.1) is 13.0 Å². The van der Waals surface area contributed by atoms with E-state index in [1.807, 2.05) is 18.9 Å². The Labute approximate surface area is 102 Å². The first kappa shape index (κ1) is 13.8. The van der Waals surface area contributed by atoms with Gasteiger partial charge in [-0.25, -0.2) is 4.79 Å². The average Bonchev–Trinajstić information content (AvgIpc) is 2.71. The van der Waals surface area contributed by atoms with Gasteiger partial charge in [-0.3, -0.25) is 4.79 Å². The highest BCUT2D eigenvalue weighted by atomic mass is 16.5. The van der Waals surface area contributed by atoms with Gasteiger partial charge < -0.3 is 19.9 Å². The van der Waals surface area contributed by atoms with E-state index in [0.717, 1.165) is 19.6 Å². The summed E-state index contributed by atoms with van der Waals surface area (Å²) in [6.07, 6.45) is 0. The van der Waals surface area contributed by atoms with Crippen LogP contribution in [0.4, 0.5) is 4.79 Å². The number of hydrogen-bond donors (Lipinski definition) is 1. The summed E-state index contributed by atoms with van der Waals surface area (Å²) in [5.74, 6) is -0.340. The van der Waals surface area contributed by atoms with Crippen LogP contribution in [0.25, 0.3) is 0 Å². The van der Waals surface area contributed by atoms with E-state index in [0.29, 0.717) is 13.1 Å². The molecule has 6 nitrogen and oxygen atoms in total. The van der Waals surface area contributed by atoms with Crippen LogP contribution >= 0.6 is 0 Å². The molecule has 0 aromatic heterocycles. The van der Waals surface area contributed by atoms with Crippen molar-refractivity contribution in [3.8, 4) is 0 Å². The average molecular weight is 243 g/mol. The fourth-order valence-corrected chi connectivity index (χ4v) is 1.85. The van der Waals surface area contributed by atoms with E-state index in [-0.39, 0.29) is 17.9 Å². The summed E-state index contributed by atoms with van der Waals surface area (Å²) in [4.78, 5) is 26.3. The fourth-order valence-electron chi connectivity index (χ4n) is 1.85. The third kappa shape index (κ3) is 4.22. The van der Waals surface area contributed by atoms with E-state index in [4.69, 9.17) is 0 Å². The van der Waals surface area contributed by atoms with Crippen LogP contribution in [0.5, 0.6) is 0 Å². The molecule has 0 radical (unpaired) electrons. The molecule has 0 aromatic carbocycles. The van der Waals surface area contributed by atoms with Gasteiger partial charge in [0, 0.05) is 32.7 Å². The van der Waals surface area contributed by atoms with Crippen molar-refractivity contribution in [2.45, 2.75) is 6.92 Å². The highest BCUT2D eigenvalue weighted by Crippen LogP contribution is 2.02. The van der Waals surface area contributed by atoms with Crippen molar-refractivity contribution in [1.29, 1.82) is 0 Å². The molecule has 2 amide bonds. The predicted octanol–water partition coefficient (Wildman–Crippen LogP) is -0.247. The topological polar surface area (TPSA) is 61.9 Å². The van der Waals surface area contributed by atoms with Crippen molar-refractivity contribution in [2.24, 2.45) is 5.92 Å². The quantitative estimate of drug-likeness (QED) is 0.654. The van der Waals surface area contributed by atoms with Crippen molar-refractivity contribution in [3.05, 3.63) is 0 Å². The number of carbonyl (C=O) groups excluding carboxylic acids is 2. The highest BCUT2D eigenvalue weighted by molar-refractivity contribution is 5.76. The molecule has 6 heteroatoms. The molecule has 0 bridgehead atoms. The van der Waals surface area contributed by atoms with E-state index in [1.54, 1.807) is 4.90 Å². The molecule has 1 aliphatic rings. The Kier molecular flexibility index (Phi) is 5.21. The molecule has 1 N–H and O–H groups in total. The molecule has 1 rings (SSSR count). The number of rotatable bonds is 6. The zero-order valence-corrected chi connectivity index (χ0v) is 10.7. The first-order chi connectivity index (χ1) is 8.04. The Morgan fingerprint density at radius 3 is 2.88 bits per heavy atom. The van der Waals surface area contributed by atoms with Gasteiger partial charge in [0.25, 0.3) is 0 Å². The summed E-state index contributed by atoms with van der Waals surface area (Å²) < 4.78 is 4.67. The van der Waals surface area contributed by atoms with Crippen molar-refractivity contribution in [2.75, 3.05) is 46.9 Å². The molecular weight excluding hydrogens is 222 g/mol. The first-order valence-corrected chi connectivity index (χ1v) is 5.83. The number of ether oxygens (including phenoxy) is 1. The summed E-state index contributed by atoms with van der Waals surface area (Å²) in [7, 11) is 3.33. The molecule has 1 heterocycles. The Balaban J connectivity index is 2.22. The van der Waals surface area contributed by atoms with Crippen LogP contribution < -0.4 is 5.32 Å². The van der Waals surface area contributed by atoms with E-state index in [2.05, 4.69) is 10.1 Å². The number of hydrogen-bond acceptors (Lipinski definition) is 4. The second kappa shape index (κ2) is 6.44. The Bertz CT molecular complexity index is 283. The SMILES string of the molecule is COC(=O)C(C)CN(C)CCN1CCNC1=O. The second-order valence-electron chi connectivity index (χ2n) is 4.41. The molecule has 0 aliphatic carbocycles. The zero-order chi connectivity index (χ0) is 12.8. The summed E-state index contributed by atoms with van der Waals surface area (Å²) in [5.41, 5.74) is 0. The lowest BCUT2D eigenvalue weighted by Gasteiger charge is -2.22. The van der Waals surface area contributed by atoms with Crippen LogP contribution in [-0.4, -0.2) is 68.7 Å². The summed E-state index contributed by atoms with van der Waals surface area (Å²) in [6, 6.07) is -0.000540. The maximum absolute atomic E-state index is 11.3. The normalized spacial score (nSPS) is 17.2. The summed E-state index contributed by atoms with van der Waals surface area (Å²) in [6.45, 7) is 5.42. The molecular formula is C11H21N3O3. The Morgan fingerprint density at radius 1 is 1.65 bits per heavy atom. The van der Waals surface area contributed by atoms with Gasteiger partial charge in [-0.1, -0.05) is 6.92 Å². The Hall–Kier alpha value is -1.30. The lowest BCUT2D eigenvalue weighted by atomic mass is 10.2. The van der Waals surface area contributed by atoms with E-state index >= 15 is 0 Å². The van der Waals surface area contributed by atoms with Crippen LogP contribution in [0.3, 0.4) is 0 Å². The number of nitrogens with zero attached hydrogens (tertiary/aromatic N) is 2. The third-order valence-corrected chi connectivity index (χ3v) is 2.89. The lowest BCUT2D eigenvalue weighted by Crippen LogP contribution is -2.38. The van der Waals surface area contributed by atoms with Crippen LogP contribution in [0.1, 0.15) is 6.92 Å². The maximum Gasteiger partial charge on any atom is 0.317 e. The molecule has 98 valence electrons. The summed E-state index contributed by atoms with van der Waals surface area (Å²) in [5, 5.41) is 2.76. The molecule has 0 aromatic rings. The van der Waals surface area contributed by atoms with Crippen LogP contribution in [0, 0.1) is 5.92 Å². The lowest BCUT2D eigenvalue weighted by molar-refractivity contribution is -0.145. The highest BCUT2D eigenvalue weighted by Gasteiger charge is 2.20. The standard InChI is InChI=1S/C11H21N3O3/c1-9(10(15)17-3)8-13(2)6-7-14-5-4-12-11(14)16/h9H,4-8H2,1-3H3,(H,12,16). The molecule has 1 fully saturated rings. The second-order valence-corrected chi connectivity index (χ2v) is 4.41. The first-order valence-electron chi connectivity index (χ1n) is 5.83. The van der Waals surface area contributed by atoms with Gasteiger partial charge >= 0.3 is 12.0 Å². The zero-order valence-electron chi connectivity index (χ0n) is 10.7. The van der Waals surface area contributed by atoms with Gasteiger partial charge in [0.15, 0.2) is 0 Å². The molecule has 17 heavy (non-hydrogen) atoms. The van der Waals surface area contributed by atoms with Crippen LogP contribution in [0.2, 0.25) is 0 Å². The minimum atomic E-state index is -0.198. The number of methoxy groups -OCH3 is 1. The van der Waals surface area contributed by atoms with Crippen molar-refractivity contribution >= 4 is 12.0 Å². The molecule has 1 atom stereocenters. The van der Waals surface area contributed by atoms with Gasteiger partial charge in [-0.15, -0.1) is 0 Å². The fraction of sp³-hybridized carbons (Fsp3) is 0.818. The number of urea groups is 1. The predicted molar refractivity (Wildman–Crippen MR) is 63.6 cm³/mol. The minimum absolute atomic E-state index is 0.000540. The van der Waals surface area contributed by atoms with Crippen molar-refractivity contribution < 1.29 is 14.3 Å². The maximum atomic E-state index is 11.3. The van der Waals surface area contributed by atoms with Crippen molar-refractivity contribution in [1.82, 2.24) is 15.1 Å². The largest absolute Gasteiger partial charge is 0.469 e. The van der Waals surface area contributed by atoms with Crippen LogP contribution in [0.15, 0.2) is 0 Å². The number of carbonyl (C=O) groups is 2. The number of esters is 1. The molecule has 1 aliphatic heterocycles. The monoisotopic (exact) mass is 243 g/mol. The number of amides is 2. The number of likely N-dealkylation sites (N-methyl/N-ethyl adjacent to an activating group) is 1. The van der Waals surface area contributed by atoms with E-state index < -0.39 is 0 Å². The van der Waals surface area contributed by atoms with Gasteiger partial charge in [-0.2, -0.15) is 0 Å². The van der Waals surface area contributed by atoms with Gasteiger partial charge in [0.2, 0.25) is 0 Å². The third-order valence-electron chi connectivity index (χ3n) is 2.89. The molecule has 0 saturated carbocycles.